The minimum atomic E-state index is -3.83. The molecule has 0 radical (unpaired) electrons. The van der Waals surface area contributed by atoms with Crippen LogP contribution in [0.3, 0.4) is 0 Å². The molecule has 24 heavy (non-hydrogen) atoms. The third kappa shape index (κ3) is 4.41. The Balaban J connectivity index is 2.13. The molecular weight excluding hydrogens is 360 g/mol. The van der Waals surface area contributed by atoms with Crippen molar-refractivity contribution in [3.05, 3.63) is 57.6 Å². The molecular formula is C13H11ClN4O5S. The van der Waals surface area contributed by atoms with Crippen LogP contribution < -0.4 is 15.8 Å². The highest BCUT2D eigenvalue weighted by Gasteiger charge is 2.16. The molecule has 0 aliphatic carbocycles. The normalized spacial score (nSPS) is 10.9. The topological polar surface area (TPSA) is 144 Å². The number of nitrogens with two attached hydrogens (primary N) is 1. The van der Waals surface area contributed by atoms with Gasteiger partial charge in [-0.1, -0.05) is 11.6 Å². The molecule has 0 aliphatic rings. The number of primary sulfonamides is 1. The summed E-state index contributed by atoms with van der Waals surface area (Å²) in [5.74, 6) is 0. The molecule has 0 saturated heterocycles. The lowest BCUT2D eigenvalue weighted by Crippen LogP contribution is -2.20. The molecule has 0 heterocycles. The number of urea groups is 1. The molecule has 2 rings (SSSR count). The third-order valence-corrected chi connectivity index (χ3v) is 4.01. The number of nitrogens with zero attached hydrogens (tertiary/aromatic N) is 1. The van der Waals surface area contributed by atoms with Crippen molar-refractivity contribution in [3.63, 3.8) is 0 Å². The van der Waals surface area contributed by atoms with Crippen molar-refractivity contribution < 1.29 is 18.1 Å². The van der Waals surface area contributed by atoms with E-state index in [2.05, 4.69) is 10.6 Å². The molecule has 11 heteroatoms. The second kappa shape index (κ2) is 6.83. The van der Waals surface area contributed by atoms with Gasteiger partial charge in [-0.3, -0.25) is 10.1 Å². The van der Waals surface area contributed by atoms with Gasteiger partial charge in [-0.2, -0.15) is 0 Å². The Labute approximate surface area is 141 Å². The lowest BCUT2D eigenvalue weighted by Gasteiger charge is -2.08. The van der Waals surface area contributed by atoms with E-state index in [9.17, 15) is 23.3 Å². The van der Waals surface area contributed by atoms with Crippen molar-refractivity contribution in [1.82, 2.24) is 0 Å². The van der Waals surface area contributed by atoms with Crippen LogP contribution in [0.15, 0.2) is 47.4 Å². The maximum absolute atomic E-state index is 11.9. The number of carbonyl (C=O) groups is 1. The lowest BCUT2D eigenvalue weighted by atomic mass is 10.2. The van der Waals surface area contributed by atoms with Crippen molar-refractivity contribution in [3.8, 4) is 0 Å². The summed E-state index contributed by atoms with van der Waals surface area (Å²) < 4.78 is 22.3. The fourth-order valence-electron chi connectivity index (χ4n) is 1.77. The first-order valence-corrected chi connectivity index (χ1v) is 8.24. The number of nitrogens with one attached hydrogen (secondary N) is 2. The fraction of sp³-hybridized carbons (Fsp3) is 0. The van der Waals surface area contributed by atoms with Crippen LogP contribution in [-0.4, -0.2) is 19.4 Å². The molecule has 0 bridgehead atoms. The first-order valence-electron chi connectivity index (χ1n) is 6.31. The maximum Gasteiger partial charge on any atom is 0.323 e. The zero-order valence-electron chi connectivity index (χ0n) is 11.9. The standard InChI is InChI=1S/C13H11ClN4O5S/c14-8-1-6-11(12(7-8)18(20)21)17-13(19)16-9-2-4-10(5-3-9)24(15,22)23/h1-7H,(H2,15,22,23)(H2,16,17,19). The van der Waals surface area contributed by atoms with Gasteiger partial charge in [-0.25, -0.2) is 18.4 Å². The molecule has 2 amide bonds. The summed E-state index contributed by atoms with van der Waals surface area (Å²) in [5, 5.41) is 20.8. The predicted octanol–water partition coefficient (Wildman–Crippen LogP) is 2.54. The number of benzene rings is 2. The van der Waals surface area contributed by atoms with Gasteiger partial charge in [-0.15, -0.1) is 0 Å². The minimum Gasteiger partial charge on any atom is -0.308 e. The smallest absolute Gasteiger partial charge is 0.308 e. The summed E-state index contributed by atoms with van der Waals surface area (Å²) in [6, 6.07) is 8.15. The van der Waals surface area contributed by atoms with Gasteiger partial charge < -0.3 is 10.6 Å². The summed E-state index contributed by atoms with van der Waals surface area (Å²) in [6.07, 6.45) is 0. The van der Waals surface area contributed by atoms with Crippen LogP contribution in [0.4, 0.5) is 21.9 Å². The van der Waals surface area contributed by atoms with E-state index >= 15 is 0 Å². The Morgan fingerprint density at radius 3 is 2.29 bits per heavy atom. The zero-order chi connectivity index (χ0) is 17.9. The van der Waals surface area contributed by atoms with E-state index in [0.717, 1.165) is 6.07 Å². The van der Waals surface area contributed by atoms with E-state index in [1.807, 2.05) is 0 Å². The van der Waals surface area contributed by atoms with Crippen LogP contribution in [0, 0.1) is 10.1 Å². The van der Waals surface area contributed by atoms with E-state index in [0.29, 0.717) is 0 Å². The molecule has 9 nitrogen and oxygen atoms in total. The number of halogens is 1. The van der Waals surface area contributed by atoms with Crippen molar-refractivity contribution >= 4 is 44.7 Å². The molecule has 0 saturated carbocycles. The number of carbonyl (C=O) groups excluding carboxylic acids is 1. The maximum atomic E-state index is 11.9. The summed E-state index contributed by atoms with van der Waals surface area (Å²) in [6.45, 7) is 0. The minimum absolute atomic E-state index is 0.0388. The monoisotopic (exact) mass is 370 g/mol. The van der Waals surface area contributed by atoms with Gasteiger partial charge in [0.1, 0.15) is 5.69 Å². The van der Waals surface area contributed by atoms with Crippen LogP contribution in [0.1, 0.15) is 0 Å². The molecule has 2 aromatic carbocycles. The zero-order valence-corrected chi connectivity index (χ0v) is 13.5. The Morgan fingerprint density at radius 1 is 1.12 bits per heavy atom. The van der Waals surface area contributed by atoms with E-state index in [-0.39, 0.29) is 27.0 Å². The Morgan fingerprint density at radius 2 is 1.75 bits per heavy atom. The van der Waals surface area contributed by atoms with Gasteiger partial charge in [0.05, 0.1) is 9.82 Å². The molecule has 0 unspecified atom stereocenters. The molecule has 126 valence electrons. The average Bonchev–Trinajstić information content (AvgIpc) is 2.48. The quantitative estimate of drug-likeness (QED) is 0.559. The first kappa shape index (κ1) is 17.7. The van der Waals surface area contributed by atoms with E-state index in [4.69, 9.17) is 16.7 Å². The number of hydrogen-bond acceptors (Lipinski definition) is 5. The fourth-order valence-corrected chi connectivity index (χ4v) is 2.46. The highest BCUT2D eigenvalue weighted by molar-refractivity contribution is 7.89. The van der Waals surface area contributed by atoms with Gasteiger partial charge >= 0.3 is 6.03 Å². The van der Waals surface area contributed by atoms with Crippen LogP contribution in [-0.2, 0) is 10.0 Å². The number of sulfonamides is 1. The summed E-state index contributed by atoms with van der Waals surface area (Å²) >= 11 is 5.69. The van der Waals surface area contributed by atoms with Gasteiger partial charge in [0.25, 0.3) is 5.69 Å². The number of hydrogen-bond donors (Lipinski definition) is 3. The molecule has 0 spiro atoms. The van der Waals surface area contributed by atoms with E-state index < -0.39 is 21.0 Å². The number of nitro groups is 1. The summed E-state index contributed by atoms with van der Waals surface area (Å²) in [4.78, 5) is 22.1. The largest absolute Gasteiger partial charge is 0.323 e. The van der Waals surface area contributed by atoms with Crippen molar-refractivity contribution in [1.29, 1.82) is 0 Å². The molecule has 0 fully saturated rings. The Bertz CT molecular complexity index is 899. The predicted molar refractivity (Wildman–Crippen MR) is 88.6 cm³/mol. The second-order valence-electron chi connectivity index (χ2n) is 4.57. The SMILES string of the molecule is NS(=O)(=O)c1ccc(NC(=O)Nc2ccc(Cl)cc2[N+](=O)[O-])cc1. The number of rotatable bonds is 4. The molecule has 2 aromatic rings. The Hall–Kier alpha value is -2.69. The summed E-state index contributed by atoms with van der Waals surface area (Å²) in [5.41, 5.74) is -0.123. The number of nitro benzene ring substituents is 1. The van der Waals surface area contributed by atoms with Crippen LogP contribution in [0.5, 0.6) is 0 Å². The van der Waals surface area contributed by atoms with Gasteiger partial charge in [-0.05, 0) is 36.4 Å². The number of anilines is 2. The molecule has 0 atom stereocenters. The highest BCUT2D eigenvalue weighted by atomic mass is 35.5. The van der Waals surface area contributed by atoms with Gasteiger partial charge in [0, 0.05) is 16.8 Å². The van der Waals surface area contributed by atoms with Crippen molar-refractivity contribution in [2.75, 3.05) is 10.6 Å². The molecule has 0 aliphatic heterocycles. The Kier molecular flexibility index (Phi) is 5.02. The lowest BCUT2D eigenvalue weighted by molar-refractivity contribution is -0.383. The third-order valence-electron chi connectivity index (χ3n) is 2.85. The second-order valence-corrected chi connectivity index (χ2v) is 6.56. The average molecular weight is 371 g/mol. The van der Waals surface area contributed by atoms with Gasteiger partial charge in [0.15, 0.2) is 0 Å². The number of amides is 2. The van der Waals surface area contributed by atoms with Crippen LogP contribution >= 0.6 is 11.6 Å². The van der Waals surface area contributed by atoms with E-state index in [1.54, 1.807) is 0 Å². The first-order chi connectivity index (χ1) is 11.2. The van der Waals surface area contributed by atoms with Crippen molar-refractivity contribution in [2.45, 2.75) is 4.90 Å². The van der Waals surface area contributed by atoms with Crippen molar-refractivity contribution in [2.24, 2.45) is 5.14 Å². The highest BCUT2D eigenvalue weighted by Crippen LogP contribution is 2.27. The van der Waals surface area contributed by atoms with Crippen LogP contribution in [0.2, 0.25) is 5.02 Å². The van der Waals surface area contributed by atoms with E-state index in [1.165, 1.54) is 36.4 Å². The molecule has 0 aromatic heterocycles. The summed E-state index contributed by atoms with van der Waals surface area (Å²) in [7, 11) is -3.83. The van der Waals surface area contributed by atoms with Crippen LogP contribution in [0.25, 0.3) is 0 Å². The van der Waals surface area contributed by atoms with Gasteiger partial charge in [0.2, 0.25) is 10.0 Å². The molecule has 4 N–H and O–H groups in total.